The van der Waals surface area contributed by atoms with Gasteiger partial charge in [-0.05, 0) is 27.2 Å². The molecule has 1 unspecified atom stereocenters. The Morgan fingerprint density at radius 3 is 2.59 bits per heavy atom. The molecule has 4 nitrogen and oxygen atoms in total. The summed E-state index contributed by atoms with van der Waals surface area (Å²) in [6, 6.07) is 1.02. The average Bonchev–Trinajstić information content (AvgIpc) is 2.13. The number of carbonyl (C=O) groups excluding carboxylic acids is 1. The first-order chi connectivity index (χ1) is 7.64. The highest BCUT2D eigenvalue weighted by molar-refractivity contribution is 5.69. The van der Waals surface area contributed by atoms with Gasteiger partial charge in [-0.2, -0.15) is 5.26 Å². The van der Waals surface area contributed by atoms with Gasteiger partial charge < -0.3 is 4.74 Å². The van der Waals surface area contributed by atoms with Gasteiger partial charge in [-0.3, -0.25) is 4.90 Å². The van der Waals surface area contributed by atoms with Crippen LogP contribution in [0.5, 0.6) is 0 Å². The standard InChI is InChI=1S/C11H16F2N2O2/c1-10(2,3)17-9(16)15-7-11(12,13)5-4-8(15)6-14/h8H,4-5,7H2,1-3H3. The molecule has 0 aromatic carbocycles. The largest absolute Gasteiger partial charge is 0.444 e. The van der Waals surface area contributed by atoms with Crippen LogP contribution in [0.4, 0.5) is 13.6 Å². The van der Waals surface area contributed by atoms with Gasteiger partial charge in [0.05, 0.1) is 12.6 Å². The Labute approximate surface area is 99.1 Å². The SMILES string of the molecule is CC(C)(C)OC(=O)N1CC(F)(F)CCC1C#N. The lowest BCUT2D eigenvalue weighted by Crippen LogP contribution is -2.52. The predicted octanol–water partition coefficient (Wildman–Crippen LogP) is 2.54. The second-order valence-electron chi connectivity index (χ2n) is 5.15. The Hall–Kier alpha value is -1.38. The number of hydrogen-bond donors (Lipinski definition) is 0. The lowest BCUT2D eigenvalue weighted by Gasteiger charge is -2.36. The summed E-state index contributed by atoms with van der Waals surface area (Å²) in [5.41, 5.74) is -0.760. The van der Waals surface area contributed by atoms with Crippen molar-refractivity contribution in [2.45, 2.75) is 51.2 Å². The summed E-state index contributed by atoms with van der Waals surface area (Å²) in [7, 11) is 0. The molecule has 1 atom stereocenters. The third-order valence-corrected chi connectivity index (χ3v) is 2.34. The summed E-state index contributed by atoms with van der Waals surface area (Å²) >= 11 is 0. The molecule has 0 spiro atoms. The number of amides is 1. The fourth-order valence-corrected chi connectivity index (χ4v) is 1.59. The van der Waals surface area contributed by atoms with Crippen LogP contribution in [0.15, 0.2) is 0 Å². The van der Waals surface area contributed by atoms with Gasteiger partial charge in [0.2, 0.25) is 0 Å². The maximum Gasteiger partial charge on any atom is 0.411 e. The summed E-state index contributed by atoms with van der Waals surface area (Å²) in [5, 5.41) is 8.83. The van der Waals surface area contributed by atoms with Crippen molar-refractivity contribution in [3.63, 3.8) is 0 Å². The monoisotopic (exact) mass is 246 g/mol. The molecule has 1 aliphatic heterocycles. The molecule has 0 aromatic heterocycles. The lowest BCUT2D eigenvalue weighted by molar-refractivity contribution is -0.0778. The molecule has 1 aliphatic rings. The van der Waals surface area contributed by atoms with Crippen molar-refractivity contribution in [3.8, 4) is 6.07 Å². The molecule has 1 amide bonds. The molecule has 1 rings (SSSR count). The highest BCUT2D eigenvalue weighted by Gasteiger charge is 2.43. The van der Waals surface area contributed by atoms with E-state index in [4.69, 9.17) is 10.00 Å². The van der Waals surface area contributed by atoms with E-state index in [2.05, 4.69) is 0 Å². The van der Waals surface area contributed by atoms with Crippen LogP contribution >= 0.6 is 0 Å². The van der Waals surface area contributed by atoms with Crippen molar-refractivity contribution >= 4 is 6.09 Å². The molecule has 1 heterocycles. The molecule has 0 radical (unpaired) electrons. The Bertz CT molecular complexity index is 344. The molecular formula is C11H16F2N2O2. The van der Waals surface area contributed by atoms with Crippen LogP contribution in [0, 0.1) is 11.3 Å². The van der Waals surface area contributed by atoms with Crippen LogP contribution in [-0.2, 0) is 4.74 Å². The van der Waals surface area contributed by atoms with Gasteiger partial charge in [0, 0.05) is 6.42 Å². The molecule has 17 heavy (non-hydrogen) atoms. The summed E-state index contributed by atoms with van der Waals surface area (Å²) < 4.78 is 31.4. The number of alkyl halides is 2. The Morgan fingerprint density at radius 1 is 1.53 bits per heavy atom. The van der Waals surface area contributed by atoms with E-state index in [1.54, 1.807) is 20.8 Å². The van der Waals surface area contributed by atoms with Gasteiger partial charge in [-0.1, -0.05) is 0 Å². The molecule has 0 bridgehead atoms. The van der Waals surface area contributed by atoms with Crippen LogP contribution < -0.4 is 0 Å². The van der Waals surface area contributed by atoms with Crippen molar-refractivity contribution in [1.29, 1.82) is 5.26 Å². The predicted molar refractivity (Wildman–Crippen MR) is 56.5 cm³/mol. The molecule has 0 aliphatic carbocycles. The fourth-order valence-electron chi connectivity index (χ4n) is 1.59. The molecule has 1 saturated heterocycles. The summed E-state index contributed by atoms with van der Waals surface area (Å²) in [5.74, 6) is -2.94. The van der Waals surface area contributed by atoms with Crippen LogP contribution in [0.2, 0.25) is 0 Å². The van der Waals surface area contributed by atoms with Gasteiger partial charge in [-0.25, -0.2) is 13.6 Å². The molecule has 0 saturated carbocycles. The van der Waals surface area contributed by atoms with E-state index < -0.39 is 30.2 Å². The smallest absolute Gasteiger partial charge is 0.411 e. The highest BCUT2D eigenvalue weighted by atomic mass is 19.3. The molecular weight excluding hydrogens is 230 g/mol. The van der Waals surface area contributed by atoms with E-state index in [9.17, 15) is 13.6 Å². The minimum absolute atomic E-state index is 0.0251. The zero-order chi connectivity index (χ0) is 13.3. The van der Waals surface area contributed by atoms with E-state index in [0.717, 1.165) is 4.90 Å². The maximum absolute atomic E-state index is 13.2. The van der Waals surface area contributed by atoms with Crippen LogP contribution in [0.3, 0.4) is 0 Å². The Kier molecular flexibility index (Phi) is 3.60. The second-order valence-corrected chi connectivity index (χ2v) is 5.15. The summed E-state index contributed by atoms with van der Waals surface area (Å²) in [4.78, 5) is 12.5. The number of likely N-dealkylation sites (tertiary alicyclic amines) is 1. The van der Waals surface area contributed by atoms with Gasteiger partial charge in [0.15, 0.2) is 0 Å². The van der Waals surface area contributed by atoms with Crippen LogP contribution in [-0.4, -0.2) is 35.1 Å². The zero-order valence-corrected chi connectivity index (χ0v) is 10.2. The third kappa shape index (κ3) is 3.84. The van der Waals surface area contributed by atoms with Crippen molar-refractivity contribution in [3.05, 3.63) is 0 Å². The normalized spacial score (nSPS) is 24.0. The number of halogens is 2. The summed E-state index contributed by atoms with van der Waals surface area (Å²) in [6.45, 7) is 4.19. The van der Waals surface area contributed by atoms with E-state index >= 15 is 0 Å². The fraction of sp³-hybridized carbons (Fsp3) is 0.818. The number of piperidine rings is 1. The van der Waals surface area contributed by atoms with Crippen molar-refractivity contribution in [2.24, 2.45) is 0 Å². The first-order valence-electron chi connectivity index (χ1n) is 5.42. The van der Waals surface area contributed by atoms with Gasteiger partial charge in [0.1, 0.15) is 11.6 Å². The first kappa shape index (κ1) is 13.7. The van der Waals surface area contributed by atoms with Gasteiger partial charge >= 0.3 is 6.09 Å². The van der Waals surface area contributed by atoms with Crippen molar-refractivity contribution < 1.29 is 18.3 Å². The second kappa shape index (κ2) is 4.47. The van der Waals surface area contributed by atoms with Crippen LogP contribution in [0.25, 0.3) is 0 Å². The average molecular weight is 246 g/mol. The zero-order valence-electron chi connectivity index (χ0n) is 10.2. The minimum Gasteiger partial charge on any atom is -0.444 e. The van der Waals surface area contributed by atoms with E-state index in [0.29, 0.717) is 0 Å². The maximum atomic E-state index is 13.2. The van der Waals surface area contributed by atoms with Gasteiger partial charge in [0.25, 0.3) is 5.92 Å². The number of nitrogens with zero attached hydrogens (tertiary/aromatic N) is 2. The van der Waals surface area contributed by atoms with E-state index in [1.807, 2.05) is 6.07 Å². The molecule has 0 aromatic rings. The number of rotatable bonds is 0. The number of nitriles is 1. The quantitative estimate of drug-likeness (QED) is 0.660. The Balaban J connectivity index is 2.78. The van der Waals surface area contributed by atoms with E-state index in [1.165, 1.54) is 0 Å². The summed E-state index contributed by atoms with van der Waals surface area (Å²) in [6.07, 6.45) is -1.25. The lowest BCUT2D eigenvalue weighted by atomic mass is 10.0. The Morgan fingerprint density at radius 2 is 2.12 bits per heavy atom. The van der Waals surface area contributed by atoms with E-state index in [-0.39, 0.29) is 12.8 Å². The minimum atomic E-state index is -2.94. The molecule has 0 N–H and O–H groups in total. The first-order valence-corrected chi connectivity index (χ1v) is 5.42. The van der Waals surface area contributed by atoms with Crippen molar-refractivity contribution in [1.82, 2.24) is 4.90 Å². The number of carbonyl (C=O) groups is 1. The molecule has 1 fully saturated rings. The van der Waals surface area contributed by atoms with Crippen LogP contribution in [0.1, 0.15) is 33.6 Å². The number of hydrogen-bond acceptors (Lipinski definition) is 3. The highest BCUT2D eigenvalue weighted by Crippen LogP contribution is 2.30. The molecule has 96 valence electrons. The van der Waals surface area contributed by atoms with Crippen molar-refractivity contribution in [2.75, 3.05) is 6.54 Å². The topological polar surface area (TPSA) is 53.3 Å². The number of ether oxygens (including phenoxy) is 1. The van der Waals surface area contributed by atoms with Gasteiger partial charge in [-0.15, -0.1) is 0 Å². The third-order valence-electron chi connectivity index (χ3n) is 2.34. The molecule has 6 heteroatoms.